The third kappa shape index (κ3) is 2.33. The van der Waals surface area contributed by atoms with Crippen LogP contribution in [-0.2, 0) is 0 Å². The molecule has 1 aliphatic rings. The second-order valence-corrected chi connectivity index (χ2v) is 10.7. The maximum absolute atomic E-state index is 2.53. The average molecular weight is 170 g/mol. The predicted molar refractivity (Wildman–Crippen MR) is 54.7 cm³/mol. The fourth-order valence-electron chi connectivity index (χ4n) is 2.60. The number of rotatable bonds is 1. The van der Waals surface area contributed by atoms with E-state index in [1.54, 1.807) is 0 Å². The zero-order valence-electron chi connectivity index (χ0n) is 8.48. The van der Waals surface area contributed by atoms with E-state index < -0.39 is 8.07 Å². The summed E-state index contributed by atoms with van der Waals surface area (Å²) >= 11 is 0. The number of hydrogen-bond acceptors (Lipinski definition) is 0. The third-order valence-electron chi connectivity index (χ3n) is 3.22. The summed E-state index contributed by atoms with van der Waals surface area (Å²) in [5, 5.41) is 0. The van der Waals surface area contributed by atoms with E-state index in [1.165, 1.54) is 25.7 Å². The molecule has 1 fully saturated rings. The van der Waals surface area contributed by atoms with Crippen molar-refractivity contribution in [1.29, 1.82) is 0 Å². The molecule has 0 nitrogen and oxygen atoms in total. The highest BCUT2D eigenvalue weighted by atomic mass is 28.3. The highest BCUT2D eigenvalue weighted by Gasteiger charge is 2.32. The standard InChI is InChI=1S/C10H22Si/c1-9-7-5-6-8-10(9)11(2,3)4/h9-10H,5-8H2,1-4H3/t9-,10+/m0/s1. The molecule has 0 spiro atoms. The normalized spacial score (nSPS) is 33.8. The van der Waals surface area contributed by atoms with Crippen LogP contribution in [0.2, 0.25) is 25.2 Å². The van der Waals surface area contributed by atoms with Crippen LogP contribution in [0.5, 0.6) is 0 Å². The van der Waals surface area contributed by atoms with Crippen LogP contribution in [-0.4, -0.2) is 8.07 Å². The Balaban J connectivity index is 2.55. The lowest BCUT2D eigenvalue weighted by Gasteiger charge is -2.37. The van der Waals surface area contributed by atoms with Crippen LogP contribution in [0.25, 0.3) is 0 Å². The van der Waals surface area contributed by atoms with Gasteiger partial charge in [0.05, 0.1) is 0 Å². The van der Waals surface area contributed by atoms with Crippen molar-refractivity contribution < 1.29 is 0 Å². The van der Waals surface area contributed by atoms with E-state index in [0.717, 1.165) is 11.5 Å². The van der Waals surface area contributed by atoms with E-state index >= 15 is 0 Å². The summed E-state index contributed by atoms with van der Waals surface area (Å²) in [6.07, 6.45) is 6.01. The van der Waals surface area contributed by atoms with Crippen molar-refractivity contribution in [3.63, 3.8) is 0 Å². The molecule has 1 saturated carbocycles. The van der Waals surface area contributed by atoms with Gasteiger partial charge in [0, 0.05) is 8.07 Å². The first kappa shape index (κ1) is 9.31. The van der Waals surface area contributed by atoms with Crippen LogP contribution >= 0.6 is 0 Å². The van der Waals surface area contributed by atoms with Gasteiger partial charge in [0.2, 0.25) is 0 Å². The van der Waals surface area contributed by atoms with Crippen LogP contribution < -0.4 is 0 Å². The molecular weight excluding hydrogens is 148 g/mol. The van der Waals surface area contributed by atoms with Gasteiger partial charge in [-0.2, -0.15) is 0 Å². The molecule has 2 atom stereocenters. The molecule has 0 radical (unpaired) electrons. The average Bonchev–Trinajstić information content (AvgIpc) is 1.86. The zero-order chi connectivity index (χ0) is 8.48. The summed E-state index contributed by atoms with van der Waals surface area (Å²) in [7, 11) is -0.819. The van der Waals surface area contributed by atoms with Crippen molar-refractivity contribution in [2.75, 3.05) is 0 Å². The molecule has 1 heteroatoms. The molecule has 0 heterocycles. The lowest BCUT2D eigenvalue weighted by Crippen LogP contribution is -2.34. The smallest absolute Gasteiger partial charge is 0.0476 e. The van der Waals surface area contributed by atoms with E-state index in [2.05, 4.69) is 26.6 Å². The Labute approximate surface area is 72.4 Å². The largest absolute Gasteiger partial charge is 0.0693 e. The van der Waals surface area contributed by atoms with Gasteiger partial charge in [-0.15, -0.1) is 0 Å². The van der Waals surface area contributed by atoms with Crippen LogP contribution in [0, 0.1) is 5.92 Å². The molecule has 0 bridgehead atoms. The molecule has 0 amide bonds. The van der Waals surface area contributed by atoms with Gasteiger partial charge >= 0.3 is 0 Å². The summed E-state index contributed by atoms with van der Waals surface area (Å²) in [6.45, 7) is 10.0. The van der Waals surface area contributed by atoms with Gasteiger partial charge in [0.1, 0.15) is 0 Å². The molecule has 66 valence electrons. The summed E-state index contributed by atoms with van der Waals surface area (Å²) < 4.78 is 0. The fraction of sp³-hybridized carbons (Fsp3) is 1.00. The van der Waals surface area contributed by atoms with E-state index in [1.807, 2.05) is 0 Å². The highest BCUT2D eigenvalue weighted by molar-refractivity contribution is 6.77. The first-order chi connectivity index (χ1) is 5.02. The quantitative estimate of drug-likeness (QED) is 0.524. The molecule has 0 saturated heterocycles. The molecule has 11 heavy (non-hydrogen) atoms. The molecule has 0 aromatic heterocycles. The van der Waals surface area contributed by atoms with E-state index in [0.29, 0.717) is 0 Å². The summed E-state index contributed by atoms with van der Waals surface area (Å²) in [6, 6.07) is 0. The van der Waals surface area contributed by atoms with Gasteiger partial charge in [-0.05, 0) is 11.5 Å². The highest BCUT2D eigenvalue weighted by Crippen LogP contribution is 2.40. The fourth-order valence-corrected chi connectivity index (χ4v) is 5.55. The first-order valence-electron chi connectivity index (χ1n) is 5.02. The molecule has 0 N–H and O–H groups in total. The van der Waals surface area contributed by atoms with Crippen LogP contribution in [0.1, 0.15) is 32.6 Å². The van der Waals surface area contributed by atoms with Crippen molar-refractivity contribution in [2.24, 2.45) is 5.92 Å². The second-order valence-electron chi connectivity index (χ2n) is 5.23. The minimum absolute atomic E-state index is 0.819. The summed E-state index contributed by atoms with van der Waals surface area (Å²) in [5.74, 6) is 1.02. The Morgan fingerprint density at radius 2 is 1.55 bits per heavy atom. The van der Waals surface area contributed by atoms with Crippen molar-refractivity contribution in [2.45, 2.75) is 57.8 Å². The van der Waals surface area contributed by atoms with E-state index in [9.17, 15) is 0 Å². The molecular formula is C10H22Si. The molecule has 0 aliphatic heterocycles. The second kappa shape index (κ2) is 3.30. The topological polar surface area (TPSA) is 0 Å². The predicted octanol–water partition coefficient (Wildman–Crippen LogP) is 3.90. The maximum atomic E-state index is 2.53. The van der Waals surface area contributed by atoms with Crippen LogP contribution in [0.3, 0.4) is 0 Å². The zero-order valence-corrected chi connectivity index (χ0v) is 9.48. The molecule has 1 aliphatic carbocycles. The minimum atomic E-state index is -0.819. The Kier molecular flexibility index (Phi) is 2.79. The van der Waals surface area contributed by atoms with Crippen LogP contribution in [0.4, 0.5) is 0 Å². The van der Waals surface area contributed by atoms with Gasteiger partial charge in [-0.25, -0.2) is 0 Å². The van der Waals surface area contributed by atoms with Crippen molar-refractivity contribution in [3.8, 4) is 0 Å². The van der Waals surface area contributed by atoms with E-state index in [4.69, 9.17) is 0 Å². The third-order valence-corrected chi connectivity index (χ3v) is 6.31. The van der Waals surface area contributed by atoms with Crippen LogP contribution in [0.15, 0.2) is 0 Å². The molecule has 0 aromatic carbocycles. The van der Waals surface area contributed by atoms with E-state index in [-0.39, 0.29) is 0 Å². The minimum Gasteiger partial charge on any atom is -0.0693 e. The lowest BCUT2D eigenvalue weighted by molar-refractivity contribution is 0.376. The van der Waals surface area contributed by atoms with Gasteiger partial charge < -0.3 is 0 Å². The lowest BCUT2D eigenvalue weighted by atomic mass is 9.90. The molecule has 0 aromatic rings. The molecule has 1 rings (SSSR count). The first-order valence-corrected chi connectivity index (χ1v) is 8.59. The SMILES string of the molecule is C[C@H]1CCCC[C@H]1[Si](C)(C)C. The Hall–Kier alpha value is 0.217. The van der Waals surface area contributed by atoms with Gasteiger partial charge in [-0.1, -0.05) is 52.2 Å². The Morgan fingerprint density at radius 1 is 1.00 bits per heavy atom. The molecule has 0 unspecified atom stereocenters. The van der Waals surface area contributed by atoms with Crippen molar-refractivity contribution in [1.82, 2.24) is 0 Å². The van der Waals surface area contributed by atoms with Crippen molar-refractivity contribution in [3.05, 3.63) is 0 Å². The van der Waals surface area contributed by atoms with Gasteiger partial charge in [0.25, 0.3) is 0 Å². The van der Waals surface area contributed by atoms with Crippen molar-refractivity contribution >= 4 is 8.07 Å². The Bertz CT molecular complexity index is 123. The summed E-state index contributed by atoms with van der Waals surface area (Å²) in [4.78, 5) is 0. The maximum Gasteiger partial charge on any atom is 0.0476 e. The van der Waals surface area contributed by atoms with Gasteiger partial charge in [-0.3, -0.25) is 0 Å². The Morgan fingerprint density at radius 3 is 1.91 bits per heavy atom. The number of hydrogen-bond donors (Lipinski definition) is 0. The van der Waals surface area contributed by atoms with Gasteiger partial charge in [0.15, 0.2) is 0 Å². The monoisotopic (exact) mass is 170 g/mol. The summed E-state index contributed by atoms with van der Waals surface area (Å²) in [5.41, 5.74) is 1.11.